The molecule has 0 spiro atoms. The molecule has 2 heterocycles. The summed E-state index contributed by atoms with van der Waals surface area (Å²) in [6.07, 6.45) is 1.82. The van der Waals surface area contributed by atoms with Crippen LogP contribution in [0.5, 0.6) is 0 Å². The first-order chi connectivity index (χ1) is 12.6. The van der Waals surface area contributed by atoms with Crippen LogP contribution in [0.15, 0.2) is 52.8 Å². The Morgan fingerprint density at radius 3 is 2.92 bits per heavy atom. The van der Waals surface area contributed by atoms with E-state index in [-0.39, 0.29) is 11.5 Å². The van der Waals surface area contributed by atoms with Gasteiger partial charge in [-0.3, -0.25) is 9.59 Å². The summed E-state index contributed by atoms with van der Waals surface area (Å²) in [6.45, 7) is 2.08. The van der Waals surface area contributed by atoms with E-state index >= 15 is 0 Å². The zero-order valence-electron chi connectivity index (χ0n) is 14.2. The molecule has 0 fully saturated rings. The molecule has 4 rings (SSSR count). The summed E-state index contributed by atoms with van der Waals surface area (Å²) in [5, 5.41) is 3.91. The number of hydrogen-bond acceptors (Lipinski definition) is 4. The van der Waals surface area contributed by atoms with Crippen LogP contribution in [0.3, 0.4) is 0 Å². The van der Waals surface area contributed by atoms with E-state index in [4.69, 9.17) is 0 Å². The Morgan fingerprint density at radius 2 is 2.08 bits per heavy atom. The molecule has 130 valence electrons. The van der Waals surface area contributed by atoms with Crippen LogP contribution in [0, 0.1) is 0 Å². The fraction of sp³-hybridized carbons (Fsp3) is 0.150. The molecule has 0 unspecified atom stereocenters. The number of anilines is 1. The minimum absolute atomic E-state index is 0.125. The van der Waals surface area contributed by atoms with Gasteiger partial charge in [-0.15, -0.1) is 11.3 Å². The lowest BCUT2D eigenvalue weighted by Crippen LogP contribution is -2.12. The number of H-pyrrole nitrogens is 1. The summed E-state index contributed by atoms with van der Waals surface area (Å²) in [4.78, 5) is 31.5. The minimum atomic E-state index is -0.188. The van der Waals surface area contributed by atoms with Crippen LogP contribution >= 0.6 is 11.3 Å². The first kappa shape index (κ1) is 16.5. The molecule has 2 aromatic carbocycles. The average Bonchev–Trinajstić information content (AvgIpc) is 3.09. The molecule has 26 heavy (non-hydrogen) atoms. The molecule has 6 heteroatoms. The first-order valence-corrected chi connectivity index (χ1v) is 9.32. The number of aromatic amines is 1. The molecule has 2 aromatic heterocycles. The lowest BCUT2D eigenvalue weighted by molar-refractivity contribution is 0.102. The summed E-state index contributed by atoms with van der Waals surface area (Å²) in [6, 6.07) is 12.7. The zero-order chi connectivity index (χ0) is 18.1. The van der Waals surface area contributed by atoms with E-state index in [1.165, 1.54) is 11.3 Å². The number of nitrogens with one attached hydrogen (secondary N) is 2. The average molecular weight is 363 g/mol. The highest BCUT2D eigenvalue weighted by Gasteiger charge is 2.10. The summed E-state index contributed by atoms with van der Waals surface area (Å²) < 4.78 is 0.977. The van der Waals surface area contributed by atoms with Gasteiger partial charge in [-0.05, 0) is 42.3 Å². The summed E-state index contributed by atoms with van der Waals surface area (Å²) >= 11 is 1.50. The van der Waals surface area contributed by atoms with Crippen molar-refractivity contribution in [3.05, 3.63) is 69.5 Å². The molecule has 0 bridgehead atoms. The predicted octanol–water partition coefficient (Wildman–Crippen LogP) is 4.34. The van der Waals surface area contributed by atoms with E-state index in [0.29, 0.717) is 11.3 Å². The number of aryl methyl sites for hydroxylation is 1. The van der Waals surface area contributed by atoms with Crippen molar-refractivity contribution in [1.29, 1.82) is 0 Å². The Morgan fingerprint density at radius 1 is 1.19 bits per heavy atom. The van der Waals surface area contributed by atoms with Crippen LogP contribution in [0.4, 0.5) is 5.69 Å². The zero-order valence-corrected chi connectivity index (χ0v) is 15.0. The number of hydrogen-bond donors (Lipinski definition) is 2. The number of carbonyl (C=O) groups is 1. The molecular formula is C20H17N3O2S. The molecule has 0 saturated heterocycles. The minimum Gasteiger partial charge on any atom is -0.322 e. The van der Waals surface area contributed by atoms with Crippen LogP contribution in [-0.2, 0) is 6.42 Å². The summed E-state index contributed by atoms with van der Waals surface area (Å²) in [7, 11) is 0. The normalized spacial score (nSPS) is 11.1. The lowest BCUT2D eigenvalue weighted by atomic mass is 10.0. The molecule has 0 saturated carbocycles. The highest BCUT2D eigenvalue weighted by atomic mass is 32.1. The number of benzene rings is 2. The number of fused-ring (bicyclic) bond motifs is 2. The molecule has 4 aromatic rings. The van der Waals surface area contributed by atoms with Crippen molar-refractivity contribution in [3.63, 3.8) is 0 Å². The molecule has 5 nitrogen and oxygen atoms in total. The third-order valence-electron chi connectivity index (χ3n) is 4.30. The van der Waals surface area contributed by atoms with Crippen molar-refractivity contribution < 1.29 is 4.79 Å². The van der Waals surface area contributed by atoms with Crippen LogP contribution in [0.25, 0.3) is 21.1 Å². The molecule has 0 aliphatic carbocycles. The van der Waals surface area contributed by atoms with Crippen molar-refractivity contribution in [2.45, 2.75) is 19.8 Å². The molecule has 2 N–H and O–H groups in total. The Labute approximate surface area is 153 Å². The van der Waals surface area contributed by atoms with Crippen molar-refractivity contribution in [2.24, 2.45) is 0 Å². The number of amides is 1. The third-order valence-corrected chi connectivity index (χ3v) is 5.09. The molecule has 0 aliphatic rings. The van der Waals surface area contributed by atoms with Gasteiger partial charge in [0.1, 0.15) is 0 Å². The molecule has 0 radical (unpaired) electrons. The van der Waals surface area contributed by atoms with E-state index in [0.717, 1.165) is 39.5 Å². The van der Waals surface area contributed by atoms with Gasteiger partial charge in [0.2, 0.25) is 5.56 Å². The lowest BCUT2D eigenvalue weighted by Gasteiger charge is -2.09. The number of aromatic nitrogens is 2. The van der Waals surface area contributed by atoms with Crippen LogP contribution in [-0.4, -0.2) is 15.9 Å². The van der Waals surface area contributed by atoms with E-state index < -0.39 is 0 Å². The second-order valence-corrected chi connectivity index (χ2v) is 7.04. The highest BCUT2D eigenvalue weighted by molar-refractivity contribution is 7.16. The van der Waals surface area contributed by atoms with Gasteiger partial charge in [-0.25, -0.2) is 4.98 Å². The van der Waals surface area contributed by atoms with Gasteiger partial charge < -0.3 is 10.3 Å². The SMILES string of the molecule is CCCc1cc(=O)[nH]c2cc(NC(=O)c3ccc4ncsc4c3)ccc12. The fourth-order valence-electron chi connectivity index (χ4n) is 3.09. The maximum Gasteiger partial charge on any atom is 0.255 e. The maximum absolute atomic E-state index is 12.6. The van der Waals surface area contributed by atoms with Crippen LogP contribution in [0.1, 0.15) is 29.3 Å². The van der Waals surface area contributed by atoms with E-state index in [9.17, 15) is 9.59 Å². The van der Waals surface area contributed by atoms with Crippen molar-refractivity contribution in [3.8, 4) is 0 Å². The predicted molar refractivity (Wildman–Crippen MR) is 106 cm³/mol. The molecular weight excluding hydrogens is 346 g/mol. The van der Waals surface area contributed by atoms with Gasteiger partial charge in [-0.1, -0.05) is 19.4 Å². The van der Waals surface area contributed by atoms with E-state index in [1.54, 1.807) is 23.7 Å². The quantitative estimate of drug-likeness (QED) is 0.566. The smallest absolute Gasteiger partial charge is 0.255 e. The Hall–Kier alpha value is -2.99. The highest BCUT2D eigenvalue weighted by Crippen LogP contribution is 2.23. The number of rotatable bonds is 4. The monoisotopic (exact) mass is 363 g/mol. The van der Waals surface area contributed by atoms with Crippen molar-refractivity contribution in [1.82, 2.24) is 9.97 Å². The number of carbonyl (C=O) groups excluding carboxylic acids is 1. The standard InChI is InChI=1S/C20H17N3O2S/c1-2-3-12-9-19(24)23-17-10-14(5-6-15(12)17)22-20(25)13-4-7-16-18(8-13)26-11-21-16/h4-11H,2-3H2,1H3,(H,22,25)(H,23,24). The maximum atomic E-state index is 12.6. The Kier molecular flexibility index (Phi) is 4.26. The van der Waals surface area contributed by atoms with Gasteiger partial charge in [0.25, 0.3) is 5.91 Å². The molecule has 0 atom stereocenters. The van der Waals surface area contributed by atoms with Gasteiger partial charge in [-0.2, -0.15) is 0 Å². The second kappa shape index (κ2) is 6.72. The van der Waals surface area contributed by atoms with Crippen molar-refractivity contribution >= 4 is 44.1 Å². The fourth-order valence-corrected chi connectivity index (χ4v) is 3.80. The number of thiazole rings is 1. The first-order valence-electron chi connectivity index (χ1n) is 8.44. The number of pyridine rings is 1. The molecule has 0 aliphatic heterocycles. The van der Waals surface area contributed by atoms with Crippen LogP contribution in [0.2, 0.25) is 0 Å². The Bertz CT molecular complexity index is 1180. The summed E-state index contributed by atoms with van der Waals surface area (Å²) in [5.74, 6) is -0.188. The van der Waals surface area contributed by atoms with Crippen LogP contribution < -0.4 is 10.9 Å². The van der Waals surface area contributed by atoms with E-state index in [1.807, 2.05) is 24.3 Å². The third kappa shape index (κ3) is 3.11. The van der Waals surface area contributed by atoms with Gasteiger partial charge in [0, 0.05) is 22.7 Å². The number of nitrogens with zero attached hydrogens (tertiary/aromatic N) is 1. The summed E-state index contributed by atoms with van der Waals surface area (Å²) in [5.41, 5.74) is 5.51. The topological polar surface area (TPSA) is 74.8 Å². The van der Waals surface area contributed by atoms with Gasteiger partial charge in [0.05, 0.1) is 21.2 Å². The largest absolute Gasteiger partial charge is 0.322 e. The Balaban J connectivity index is 1.66. The van der Waals surface area contributed by atoms with Crippen molar-refractivity contribution in [2.75, 3.05) is 5.32 Å². The second-order valence-electron chi connectivity index (χ2n) is 6.16. The van der Waals surface area contributed by atoms with E-state index in [2.05, 4.69) is 22.2 Å². The molecule has 1 amide bonds. The van der Waals surface area contributed by atoms with Gasteiger partial charge in [0.15, 0.2) is 0 Å². The van der Waals surface area contributed by atoms with Gasteiger partial charge >= 0.3 is 0 Å².